The largest absolute Gasteiger partial charge is 0.310 e. The number of carbonyl (C=O) groups excluding carboxylic acids is 1. The van der Waals surface area contributed by atoms with Crippen LogP contribution in [0.3, 0.4) is 0 Å². The Kier molecular flexibility index (Phi) is 7.38. The molecule has 6 rings (SSSR count). The van der Waals surface area contributed by atoms with Gasteiger partial charge in [-0.25, -0.2) is 4.98 Å². The fraction of sp³-hybridized carbons (Fsp3) is 0.0909. The molecule has 202 valence electrons. The van der Waals surface area contributed by atoms with Crippen LogP contribution >= 0.6 is 11.3 Å². The standard InChI is InChI=1S/C33H27N5O2S/c1-22-26(20-23-12-5-2-6-13-23)31(39)36-33(34-22)38-29(21-27(37-38)28-18-11-19-41-28)35-32(40)30(24-14-7-3-8-15-24)25-16-9-4-10-17-25/h2-19,21,30H,20H2,1H3,(H,35,40)(H,34,36,39). The molecule has 0 saturated heterocycles. The molecule has 6 aromatic rings. The number of hydrogen-bond acceptors (Lipinski definition) is 5. The van der Waals surface area contributed by atoms with Gasteiger partial charge in [-0.1, -0.05) is 97.1 Å². The van der Waals surface area contributed by atoms with Gasteiger partial charge in [0.2, 0.25) is 11.9 Å². The normalized spacial score (nSPS) is 11.1. The first kappa shape index (κ1) is 26.2. The predicted molar refractivity (Wildman–Crippen MR) is 163 cm³/mol. The Bertz CT molecular complexity index is 1790. The lowest BCUT2D eigenvalue weighted by atomic mass is 9.90. The minimum Gasteiger partial charge on any atom is -0.310 e. The number of nitrogens with one attached hydrogen (secondary N) is 2. The van der Waals surface area contributed by atoms with E-state index in [1.165, 1.54) is 4.68 Å². The summed E-state index contributed by atoms with van der Waals surface area (Å²) < 4.78 is 1.50. The number of aryl methyl sites for hydroxylation is 1. The van der Waals surface area contributed by atoms with E-state index in [1.54, 1.807) is 11.3 Å². The number of aromatic nitrogens is 4. The summed E-state index contributed by atoms with van der Waals surface area (Å²) in [5, 5.41) is 9.81. The molecule has 3 aromatic carbocycles. The van der Waals surface area contributed by atoms with Gasteiger partial charge in [0.05, 0.1) is 16.5 Å². The topological polar surface area (TPSA) is 92.7 Å². The van der Waals surface area contributed by atoms with Crippen LogP contribution in [-0.2, 0) is 11.2 Å². The predicted octanol–water partition coefficient (Wildman–Crippen LogP) is 6.35. The molecule has 8 heteroatoms. The molecule has 2 N–H and O–H groups in total. The molecule has 1 amide bonds. The maximum atomic E-state index is 13.9. The number of rotatable bonds is 8. The lowest BCUT2D eigenvalue weighted by molar-refractivity contribution is -0.116. The second-order valence-electron chi connectivity index (χ2n) is 9.66. The van der Waals surface area contributed by atoms with E-state index in [2.05, 4.69) is 10.3 Å². The summed E-state index contributed by atoms with van der Waals surface area (Å²) in [6, 6.07) is 34.8. The zero-order valence-corrected chi connectivity index (χ0v) is 23.1. The van der Waals surface area contributed by atoms with Crippen molar-refractivity contribution in [1.29, 1.82) is 0 Å². The minimum absolute atomic E-state index is 0.221. The van der Waals surface area contributed by atoms with Crippen LogP contribution in [0.4, 0.5) is 5.82 Å². The number of carbonyl (C=O) groups is 1. The van der Waals surface area contributed by atoms with Crippen LogP contribution in [0.2, 0.25) is 0 Å². The number of amides is 1. The Hall–Kier alpha value is -5.08. The van der Waals surface area contributed by atoms with Crippen LogP contribution < -0.4 is 10.9 Å². The molecule has 3 heterocycles. The molecule has 7 nitrogen and oxygen atoms in total. The first-order valence-corrected chi connectivity index (χ1v) is 14.1. The molecule has 0 spiro atoms. The Labute approximate surface area is 241 Å². The van der Waals surface area contributed by atoms with Crippen molar-refractivity contribution in [3.05, 3.63) is 153 Å². The average molecular weight is 558 g/mol. The van der Waals surface area contributed by atoms with Crippen molar-refractivity contribution < 1.29 is 4.79 Å². The van der Waals surface area contributed by atoms with Crippen molar-refractivity contribution in [2.45, 2.75) is 19.3 Å². The highest BCUT2D eigenvalue weighted by atomic mass is 32.1. The van der Waals surface area contributed by atoms with Gasteiger partial charge in [0.15, 0.2) is 0 Å². The van der Waals surface area contributed by atoms with Gasteiger partial charge in [-0.05, 0) is 35.1 Å². The van der Waals surface area contributed by atoms with Crippen molar-refractivity contribution in [3.8, 4) is 16.5 Å². The van der Waals surface area contributed by atoms with Gasteiger partial charge in [0, 0.05) is 18.1 Å². The lowest BCUT2D eigenvalue weighted by Gasteiger charge is -2.18. The SMILES string of the molecule is Cc1nc(-n2nc(-c3cccs3)cc2NC(=O)C(c2ccccc2)c2ccccc2)[nH]c(=O)c1Cc1ccccc1. The van der Waals surface area contributed by atoms with E-state index >= 15 is 0 Å². The van der Waals surface area contributed by atoms with E-state index < -0.39 is 5.92 Å². The summed E-state index contributed by atoms with van der Waals surface area (Å²) in [4.78, 5) is 35.8. The number of benzene rings is 3. The number of nitrogens with zero attached hydrogens (tertiary/aromatic N) is 3. The summed E-state index contributed by atoms with van der Waals surface area (Å²) in [6.45, 7) is 1.82. The number of H-pyrrole nitrogens is 1. The quantitative estimate of drug-likeness (QED) is 0.228. The zero-order valence-electron chi connectivity index (χ0n) is 22.3. The van der Waals surface area contributed by atoms with Gasteiger partial charge >= 0.3 is 0 Å². The van der Waals surface area contributed by atoms with Gasteiger partial charge in [-0.2, -0.15) is 9.78 Å². The van der Waals surface area contributed by atoms with Crippen LogP contribution in [0.5, 0.6) is 0 Å². The third-order valence-electron chi connectivity index (χ3n) is 6.90. The smallest absolute Gasteiger partial charge is 0.256 e. The molecular formula is C33H27N5O2S. The molecule has 3 aromatic heterocycles. The first-order chi connectivity index (χ1) is 20.1. The summed E-state index contributed by atoms with van der Waals surface area (Å²) in [7, 11) is 0. The Morgan fingerprint density at radius 2 is 1.54 bits per heavy atom. The van der Waals surface area contributed by atoms with E-state index in [-0.39, 0.29) is 17.4 Å². The minimum atomic E-state index is -0.548. The van der Waals surface area contributed by atoms with Gasteiger partial charge in [0.25, 0.3) is 5.56 Å². The third-order valence-corrected chi connectivity index (χ3v) is 7.79. The molecule has 0 bridgehead atoms. The second-order valence-corrected chi connectivity index (χ2v) is 10.6. The van der Waals surface area contributed by atoms with E-state index in [9.17, 15) is 9.59 Å². The second kappa shape index (κ2) is 11.6. The molecule has 0 fully saturated rings. The van der Waals surface area contributed by atoms with E-state index in [1.807, 2.05) is 121 Å². The van der Waals surface area contributed by atoms with Crippen molar-refractivity contribution >= 4 is 23.1 Å². The van der Waals surface area contributed by atoms with E-state index in [4.69, 9.17) is 10.1 Å². The van der Waals surface area contributed by atoms with Crippen molar-refractivity contribution in [2.24, 2.45) is 0 Å². The van der Waals surface area contributed by atoms with Crippen LogP contribution in [0, 0.1) is 6.92 Å². The van der Waals surface area contributed by atoms with Gasteiger partial charge in [0.1, 0.15) is 11.5 Å². The Morgan fingerprint density at radius 1 is 0.902 bits per heavy atom. The highest BCUT2D eigenvalue weighted by Gasteiger charge is 2.25. The monoisotopic (exact) mass is 557 g/mol. The number of aromatic amines is 1. The highest BCUT2D eigenvalue weighted by Crippen LogP contribution is 2.30. The Balaban J connectivity index is 1.40. The van der Waals surface area contributed by atoms with E-state index in [0.717, 1.165) is 21.6 Å². The molecule has 0 aliphatic rings. The van der Waals surface area contributed by atoms with Crippen LogP contribution in [0.25, 0.3) is 16.5 Å². The van der Waals surface area contributed by atoms with Crippen LogP contribution in [0.15, 0.2) is 119 Å². The lowest BCUT2D eigenvalue weighted by Crippen LogP contribution is -2.25. The van der Waals surface area contributed by atoms with Crippen LogP contribution in [-0.4, -0.2) is 25.7 Å². The van der Waals surface area contributed by atoms with Gasteiger partial charge < -0.3 is 5.32 Å². The molecule has 0 radical (unpaired) electrons. The zero-order chi connectivity index (χ0) is 28.2. The Morgan fingerprint density at radius 3 is 2.12 bits per heavy atom. The molecular weight excluding hydrogens is 530 g/mol. The molecule has 41 heavy (non-hydrogen) atoms. The molecule has 0 saturated carbocycles. The van der Waals surface area contributed by atoms with E-state index in [0.29, 0.717) is 29.2 Å². The van der Waals surface area contributed by atoms with Crippen LogP contribution in [0.1, 0.15) is 33.9 Å². The van der Waals surface area contributed by atoms with Crippen molar-refractivity contribution in [1.82, 2.24) is 19.7 Å². The van der Waals surface area contributed by atoms with Gasteiger partial charge in [-0.15, -0.1) is 11.3 Å². The number of anilines is 1. The number of hydrogen-bond donors (Lipinski definition) is 2. The number of thiophene rings is 1. The molecule has 0 aliphatic carbocycles. The summed E-state index contributed by atoms with van der Waals surface area (Å²) in [5.74, 6) is -0.124. The molecule has 0 aliphatic heterocycles. The fourth-order valence-corrected chi connectivity index (χ4v) is 5.55. The maximum Gasteiger partial charge on any atom is 0.256 e. The third kappa shape index (κ3) is 5.64. The first-order valence-electron chi connectivity index (χ1n) is 13.3. The van der Waals surface area contributed by atoms with Crippen molar-refractivity contribution in [3.63, 3.8) is 0 Å². The summed E-state index contributed by atoms with van der Waals surface area (Å²) in [5.41, 5.74) is 4.37. The maximum absolute atomic E-state index is 13.9. The van der Waals surface area contributed by atoms with Crippen molar-refractivity contribution in [2.75, 3.05) is 5.32 Å². The molecule has 0 atom stereocenters. The highest BCUT2D eigenvalue weighted by molar-refractivity contribution is 7.13. The fourth-order valence-electron chi connectivity index (χ4n) is 4.86. The summed E-state index contributed by atoms with van der Waals surface area (Å²) in [6.07, 6.45) is 0.467. The average Bonchev–Trinajstić information content (AvgIpc) is 3.67. The molecule has 0 unspecified atom stereocenters. The summed E-state index contributed by atoms with van der Waals surface area (Å²) >= 11 is 1.54. The van der Waals surface area contributed by atoms with Gasteiger partial charge in [-0.3, -0.25) is 14.6 Å².